The van der Waals surface area contributed by atoms with Gasteiger partial charge < -0.3 is 15.8 Å². The Hall–Kier alpha value is -2.04. The molecule has 0 aliphatic carbocycles. The van der Waals surface area contributed by atoms with Crippen molar-refractivity contribution < 1.29 is 9.53 Å². The molecule has 2 aromatic carbocycles. The quantitative estimate of drug-likeness (QED) is 0.818. The van der Waals surface area contributed by atoms with Crippen molar-refractivity contribution >= 4 is 18.3 Å². The lowest BCUT2D eigenvalue weighted by atomic mass is 9.97. The summed E-state index contributed by atoms with van der Waals surface area (Å²) in [6.07, 6.45) is 1.11. The van der Waals surface area contributed by atoms with E-state index in [9.17, 15) is 4.79 Å². The van der Waals surface area contributed by atoms with Crippen LogP contribution in [0.15, 0.2) is 54.6 Å². The van der Waals surface area contributed by atoms with Crippen LogP contribution in [0.2, 0.25) is 0 Å². The van der Waals surface area contributed by atoms with Gasteiger partial charge in [-0.1, -0.05) is 48.5 Å². The minimum atomic E-state index is -0.234. The largest absolute Gasteiger partial charge is 0.496 e. The molecule has 1 unspecified atom stereocenters. The Morgan fingerprint density at radius 2 is 1.78 bits per heavy atom. The zero-order valence-corrected chi connectivity index (χ0v) is 14.0. The van der Waals surface area contributed by atoms with Crippen molar-refractivity contribution in [2.24, 2.45) is 5.73 Å². The summed E-state index contributed by atoms with van der Waals surface area (Å²) in [5.74, 6) is 0.751. The number of rotatable bonds is 7. The van der Waals surface area contributed by atoms with Gasteiger partial charge in [-0.15, -0.1) is 12.4 Å². The predicted molar refractivity (Wildman–Crippen MR) is 95.0 cm³/mol. The third kappa shape index (κ3) is 5.27. The molecule has 3 N–H and O–H groups in total. The Morgan fingerprint density at radius 1 is 1.13 bits per heavy atom. The van der Waals surface area contributed by atoms with Crippen molar-refractivity contribution in [3.05, 3.63) is 65.7 Å². The van der Waals surface area contributed by atoms with E-state index in [1.807, 2.05) is 54.6 Å². The number of carbonyl (C=O) groups is 1. The third-order valence-electron chi connectivity index (χ3n) is 3.50. The van der Waals surface area contributed by atoms with Crippen LogP contribution >= 0.6 is 12.4 Å². The average Bonchev–Trinajstić information content (AvgIpc) is 2.58. The lowest BCUT2D eigenvalue weighted by molar-refractivity contribution is -0.121. The molecule has 0 aliphatic heterocycles. The first-order chi connectivity index (χ1) is 10.8. The Labute approximate surface area is 143 Å². The van der Waals surface area contributed by atoms with E-state index in [1.54, 1.807) is 7.11 Å². The number of benzene rings is 2. The molecular weight excluding hydrogens is 312 g/mol. The van der Waals surface area contributed by atoms with Gasteiger partial charge in [-0.25, -0.2) is 0 Å². The van der Waals surface area contributed by atoms with E-state index < -0.39 is 0 Å². The predicted octanol–water partition coefficient (Wildman–Crippen LogP) is 3.06. The summed E-state index contributed by atoms with van der Waals surface area (Å²) in [7, 11) is 1.64. The molecule has 23 heavy (non-hydrogen) atoms. The minimum Gasteiger partial charge on any atom is -0.496 e. The number of para-hydroxylation sites is 1. The molecule has 2 aromatic rings. The number of methoxy groups -OCH3 is 1. The summed E-state index contributed by atoms with van der Waals surface area (Å²) in [5.41, 5.74) is 7.44. The van der Waals surface area contributed by atoms with Crippen LogP contribution in [0.4, 0.5) is 0 Å². The van der Waals surface area contributed by atoms with Crippen LogP contribution in [0.1, 0.15) is 30.0 Å². The van der Waals surface area contributed by atoms with Crippen LogP contribution in [0.25, 0.3) is 0 Å². The highest BCUT2D eigenvalue weighted by Crippen LogP contribution is 2.29. The molecule has 0 radical (unpaired) electrons. The van der Waals surface area contributed by atoms with E-state index in [0.29, 0.717) is 19.4 Å². The maximum absolute atomic E-state index is 12.2. The zero-order valence-electron chi connectivity index (χ0n) is 13.2. The fraction of sp³-hybridized carbons (Fsp3) is 0.278. The first kappa shape index (κ1) is 19.0. The van der Waals surface area contributed by atoms with Gasteiger partial charge in [0.1, 0.15) is 5.75 Å². The second kappa shape index (κ2) is 9.87. The van der Waals surface area contributed by atoms with Gasteiger partial charge in [0.05, 0.1) is 13.2 Å². The zero-order chi connectivity index (χ0) is 15.8. The molecule has 5 heteroatoms. The number of hydrogen-bond acceptors (Lipinski definition) is 3. The normalized spacial score (nSPS) is 11.2. The van der Waals surface area contributed by atoms with E-state index in [1.165, 1.54) is 0 Å². The van der Waals surface area contributed by atoms with E-state index in [-0.39, 0.29) is 24.4 Å². The molecule has 124 valence electrons. The van der Waals surface area contributed by atoms with Crippen LogP contribution in [0, 0.1) is 0 Å². The highest BCUT2D eigenvalue weighted by Gasteiger charge is 2.19. The summed E-state index contributed by atoms with van der Waals surface area (Å²) >= 11 is 0. The molecule has 0 saturated heterocycles. The lowest BCUT2D eigenvalue weighted by Gasteiger charge is -2.22. The highest BCUT2D eigenvalue weighted by atomic mass is 35.5. The van der Waals surface area contributed by atoms with Crippen LogP contribution in [-0.4, -0.2) is 19.6 Å². The number of halogens is 1. The molecule has 0 aromatic heterocycles. The van der Waals surface area contributed by atoms with Crippen LogP contribution in [0.5, 0.6) is 5.75 Å². The van der Waals surface area contributed by atoms with Gasteiger partial charge in [0.15, 0.2) is 0 Å². The fourth-order valence-corrected chi connectivity index (χ4v) is 2.39. The Kier molecular flexibility index (Phi) is 8.16. The average molecular weight is 335 g/mol. The van der Waals surface area contributed by atoms with Gasteiger partial charge >= 0.3 is 0 Å². The highest BCUT2D eigenvalue weighted by molar-refractivity contribution is 5.85. The second-order valence-electron chi connectivity index (χ2n) is 5.05. The molecule has 4 nitrogen and oxygen atoms in total. The van der Waals surface area contributed by atoms with Gasteiger partial charge in [0, 0.05) is 12.0 Å². The van der Waals surface area contributed by atoms with Crippen molar-refractivity contribution in [2.75, 3.05) is 13.7 Å². The molecular formula is C18H23ClN2O2. The summed E-state index contributed by atoms with van der Waals surface area (Å²) in [5, 5.41) is 3.08. The lowest BCUT2D eigenvalue weighted by Crippen LogP contribution is -2.29. The molecule has 1 atom stereocenters. The van der Waals surface area contributed by atoms with E-state index in [0.717, 1.165) is 16.9 Å². The summed E-state index contributed by atoms with van der Waals surface area (Å²) in [4.78, 5) is 12.2. The topological polar surface area (TPSA) is 64.3 Å². The molecule has 0 fully saturated rings. The number of amides is 1. The van der Waals surface area contributed by atoms with Gasteiger partial charge in [-0.05, 0) is 24.6 Å². The van der Waals surface area contributed by atoms with Crippen molar-refractivity contribution in [3.63, 3.8) is 0 Å². The Balaban J connectivity index is 0.00000264. The van der Waals surface area contributed by atoms with E-state index in [4.69, 9.17) is 10.5 Å². The van der Waals surface area contributed by atoms with E-state index >= 15 is 0 Å². The Bertz CT molecular complexity index is 605. The van der Waals surface area contributed by atoms with Gasteiger partial charge in [0.25, 0.3) is 0 Å². The summed E-state index contributed by atoms with van der Waals surface area (Å²) in [6, 6.07) is 17.4. The van der Waals surface area contributed by atoms with Gasteiger partial charge in [0.2, 0.25) is 5.91 Å². The number of carbonyl (C=O) groups excluding carboxylic acids is 1. The number of nitrogens with one attached hydrogen (secondary N) is 1. The van der Waals surface area contributed by atoms with Crippen LogP contribution in [-0.2, 0) is 4.79 Å². The molecule has 2 rings (SSSR count). The molecule has 0 spiro atoms. The molecule has 0 bridgehead atoms. The molecule has 0 aliphatic rings. The minimum absolute atomic E-state index is 0. The number of ether oxygens (including phenoxy) is 1. The van der Waals surface area contributed by atoms with Crippen molar-refractivity contribution in [2.45, 2.75) is 18.9 Å². The Morgan fingerprint density at radius 3 is 2.43 bits per heavy atom. The second-order valence-corrected chi connectivity index (χ2v) is 5.05. The SMILES string of the molecule is COc1ccccc1C(NC(=O)CCCN)c1ccccc1.Cl. The van der Waals surface area contributed by atoms with Crippen LogP contribution in [0.3, 0.4) is 0 Å². The molecule has 1 amide bonds. The van der Waals surface area contributed by atoms with Crippen LogP contribution < -0.4 is 15.8 Å². The van der Waals surface area contributed by atoms with E-state index in [2.05, 4.69) is 5.32 Å². The fourth-order valence-electron chi connectivity index (χ4n) is 2.39. The third-order valence-corrected chi connectivity index (χ3v) is 3.50. The van der Waals surface area contributed by atoms with Crippen molar-refractivity contribution in [3.8, 4) is 5.75 Å². The monoisotopic (exact) mass is 334 g/mol. The summed E-state index contributed by atoms with van der Waals surface area (Å²) < 4.78 is 5.44. The van der Waals surface area contributed by atoms with Crippen molar-refractivity contribution in [1.82, 2.24) is 5.32 Å². The smallest absolute Gasteiger partial charge is 0.220 e. The summed E-state index contributed by atoms with van der Waals surface area (Å²) in [6.45, 7) is 0.512. The first-order valence-electron chi connectivity index (χ1n) is 7.43. The molecule has 0 heterocycles. The van der Waals surface area contributed by atoms with Gasteiger partial charge in [-0.2, -0.15) is 0 Å². The first-order valence-corrected chi connectivity index (χ1v) is 7.43. The maximum atomic E-state index is 12.2. The standard InChI is InChI=1S/C18H22N2O2.ClH/c1-22-16-11-6-5-10-15(16)18(14-8-3-2-4-9-14)20-17(21)12-7-13-19;/h2-6,8-11,18H,7,12-13,19H2,1H3,(H,20,21);1H. The number of hydrogen-bond donors (Lipinski definition) is 2. The number of nitrogens with two attached hydrogens (primary N) is 1. The van der Waals surface area contributed by atoms with Crippen molar-refractivity contribution in [1.29, 1.82) is 0 Å². The maximum Gasteiger partial charge on any atom is 0.220 e. The van der Waals surface area contributed by atoms with Gasteiger partial charge in [-0.3, -0.25) is 4.79 Å². The molecule has 0 saturated carbocycles.